The molecule has 3 aromatic rings. The summed E-state index contributed by atoms with van der Waals surface area (Å²) in [6.45, 7) is 9.72. The number of thioether (sulfide) groups is 1. The molecular formula is C34H48N4OS. The van der Waals surface area contributed by atoms with Crippen LogP contribution in [0, 0.1) is 5.92 Å². The predicted octanol–water partition coefficient (Wildman–Crippen LogP) is 9.01. The van der Waals surface area contributed by atoms with Gasteiger partial charge in [0.1, 0.15) is 12.1 Å². The van der Waals surface area contributed by atoms with Gasteiger partial charge in [-0.15, -0.1) is 11.8 Å². The molecule has 6 heteroatoms. The van der Waals surface area contributed by atoms with Crippen molar-refractivity contribution in [1.82, 2.24) is 0 Å². The highest BCUT2D eigenvalue weighted by Crippen LogP contribution is 2.26. The number of benzene rings is 3. The van der Waals surface area contributed by atoms with E-state index in [1.165, 1.54) is 12.8 Å². The van der Waals surface area contributed by atoms with Crippen LogP contribution in [0.5, 0.6) is 0 Å². The highest BCUT2D eigenvalue weighted by molar-refractivity contribution is 8.01. The lowest BCUT2D eigenvalue weighted by atomic mass is 10.1. The summed E-state index contributed by atoms with van der Waals surface area (Å²) in [5, 5.41) is 11.4. The van der Waals surface area contributed by atoms with Gasteiger partial charge >= 0.3 is 0 Å². The molecular weight excluding hydrogens is 512 g/mol. The molecule has 0 unspecified atom stereocenters. The van der Waals surface area contributed by atoms with Crippen molar-refractivity contribution in [2.75, 3.05) is 43.3 Å². The molecule has 0 amide bonds. The standard InChI is InChI=1S/C16H20N4.C6H8OS.C6H6.C4H8.C2H6/c1-17-13-6-4-12(5-7-13)16(19-3)20-15-10-8-14(18-2)9-11-15;1-6(5-7)3-4-8-2;1-2-4-6-5-3-1;1-4-2-3-4;1-2/h4-11,17-18H,1-3H3,(H,19,20);3-5H,1H2,2H3;1-6H;4H,2-3H2,1H3;1-2H3/b;4-3-;;;. The Kier molecular flexibility index (Phi) is 22.0. The second-order valence-electron chi connectivity index (χ2n) is 8.42. The first kappa shape index (κ1) is 36.2. The van der Waals surface area contributed by atoms with E-state index in [4.69, 9.17) is 0 Å². The minimum absolute atomic E-state index is 0.513. The number of rotatable bonds is 7. The molecule has 1 aliphatic carbocycles. The zero-order valence-corrected chi connectivity index (χ0v) is 26.1. The van der Waals surface area contributed by atoms with E-state index in [9.17, 15) is 4.79 Å². The average molecular weight is 561 g/mol. The van der Waals surface area contributed by atoms with Crippen molar-refractivity contribution >= 4 is 40.9 Å². The van der Waals surface area contributed by atoms with Crippen molar-refractivity contribution < 1.29 is 4.79 Å². The van der Waals surface area contributed by atoms with Crippen LogP contribution in [-0.2, 0) is 4.79 Å². The van der Waals surface area contributed by atoms with Crippen molar-refractivity contribution in [3.8, 4) is 0 Å². The van der Waals surface area contributed by atoms with Crippen LogP contribution in [0.25, 0.3) is 0 Å². The van der Waals surface area contributed by atoms with Gasteiger partial charge in [0.05, 0.1) is 0 Å². The summed E-state index contributed by atoms with van der Waals surface area (Å²) in [5.74, 6) is 1.94. The van der Waals surface area contributed by atoms with Crippen LogP contribution in [0.1, 0.15) is 39.2 Å². The van der Waals surface area contributed by atoms with Gasteiger partial charge in [-0.2, -0.15) is 0 Å². The molecule has 40 heavy (non-hydrogen) atoms. The third kappa shape index (κ3) is 18.5. The number of allylic oxidation sites excluding steroid dienone is 2. The lowest BCUT2D eigenvalue weighted by Gasteiger charge is -2.11. The Morgan fingerprint density at radius 3 is 1.57 bits per heavy atom. The number of hydrogen-bond acceptors (Lipinski definition) is 5. The Bertz CT molecular complexity index is 1060. The van der Waals surface area contributed by atoms with Crippen LogP contribution in [0.3, 0.4) is 0 Å². The molecule has 0 atom stereocenters. The molecule has 216 valence electrons. The van der Waals surface area contributed by atoms with E-state index in [1.807, 2.05) is 125 Å². The molecule has 1 aliphatic rings. The van der Waals surface area contributed by atoms with Gasteiger partial charge in [-0.3, -0.25) is 9.79 Å². The Balaban J connectivity index is 0.000000617. The van der Waals surface area contributed by atoms with Gasteiger partial charge < -0.3 is 16.0 Å². The Morgan fingerprint density at radius 2 is 1.25 bits per heavy atom. The molecule has 0 radical (unpaired) electrons. The minimum Gasteiger partial charge on any atom is -0.388 e. The van der Waals surface area contributed by atoms with E-state index in [0.29, 0.717) is 5.57 Å². The van der Waals surface area contributed by atoms with Crippen LogP contribution in [0.4, 0.5) is 17.1 Å². The van der Waals surface area contributed by atoms with Crippen LogP contribution in [-0.4, -0.2) is 39.5 Å². The van der Waals surface area contributed by atoms with Gasteiger partial charge in [0, 0.05) is 49.3 Å². The third-order valence-corrected chi connectivity index (χ3v) is 5.62. The van der Waals surface area contributed by atoms with E-state index in [-0.39, 0.29) is 0 Å². The zero-order valence-electron chi connectivity index (χ0n) is 25.3. The number of carbonyl (C=O) groups is 1. The maximum Gasteiger partial charge on any atom is 0.149 e. The highest BCUT2D eigenvalue weighted by Gasteiger charge is 2.12. The third-order valence-electron chi connectivity index (χ3n) is 5.21. The summed E-state index contributed by atoms with van der Waals surface area (Å²) < 4.78 is 0. The number of nitrogens with one attached hydrogen (secondary N) is 3. The Labute approximate surface area is 247 Å². The van der Waals surface area contributed by atoms with Crippen LogP contribution >= 0.6 is 11.8 Å². The fraction of sp³-hybridized carbons (Fsp3) is 0.294. The van der Waals surface area contributed by atoms with Crippen molar-refractivity contribution in [3.63, 3.8) is 0 Å². The van der Waals surface area contributed by atoms with Crippen LogP contribution in [0.2, 0.25) is 0 Å². The molecule has 0 bridgehead atoms. The quantitative estimate of drug-likeness (QED) is 0.0884. The first-order valence-corrected chi connectivity index (χ1v) is 14.9. The van der Waals surface area contributed by atoms with Crippen molar-refractivity contribution in [2.45, 2.75) is 33.6 Å². The fourth-order valence-corrected chi connectivity index (χ4v) is 2.97. The topological polar surface area (TPSA) is 65.5 Å². The SMILES string of the molecule is C=C(C=O)/C=C\SC.CC.CC1CC1.CN=C(Nc1ccc(NC)cc1)c1ccc(NC)cc1.c1ccccc1. The number of aldehydes is 1. The molecule has 1 fully saturated rings. The summed E-state index contributed by atoms with van der Waals surface area (Å²) in [7, 11) is 5.60. The highest BCUT2D eigenvalue weighted by atomic mass is 32.2. The second kappa shape index (κ2) is 24.3. The lowest BCUT2D eigenvalue weighted by molar-refractivity contribution is -0.104. The molecule has 3 aromatic carbocycles. The second-order valence-corrected chi connectivity index (χ2v) is 9.16. The Hall–Kier alpha value is -3.77. The summed E-state index contributed by atoms with van der Waals surface area (Å²) in [4.78, 5) is 14.2. The van der Waals surface area contributed by atoms with E-state index in [1.54, 1.807) is 24.9 Å². The molecule has 1 saturated carbocycles. The molecule has 3 N–H and O–H groups in total. The normalized spacial score (nSPS) is 11.4. The van der Waals surface area contributed by atoms with E-state index >= 15 is 0 Å². The average Bonchev–Trinajstić information content (AvgIpc) is 3.83. The van der Waals surface area contributed by atoms with Crippen LogP contribution in [0.15, 0.2) is 114 Å². The lowest BCUT2D eigenvalue weighted by Crippen LogP contribution is -2.13. The van der Waals surface area contributed by atoms with E-state index in [0.717, 1.165) is 40.7 Å². The first-order chi connectivity index (χ1) is 19.5. The monoisotopic (exact) mass is 560 g/mol. The van der Waals surface area contributed by atoms with Gasteiger partial charge in [-0.1, -0.05) is 76.6 Å². The number of amidine groups is 1. The number of hydrogen-bond donors (Lipinski definition) is 3. The molecule has 0 spiro atoms. The van der Waals surface area contributed by atoms with Crippen LogP contribution < -0.4 is 16.0 Å². The summed E-state index contributed by atoms with van der Waals surface area (Å²) >= 11 is 1.55. The smallest absolute Gasteiger partial charge is 0.149 e. The minimum atomic E-state index is 0.513. The van der Waals surface area contributed by atoms with E-state index < -0.39 is 0 Å². The van der Waals surface area contributed by atoms with Crippen molar-refractivity contribution in [2.24, 2.45) is 10.9 Å². The van der Waals surface area contributed by atoms with Gasteiger partial charge in [0.25, 0.3) is 0 Å². The van der Waals surface area contributed by atoms with Gasteiger partial charge in [-0.25, -0.2) is 0 Å². The molecule has 0 aromatic heterocycles. The zero-order chi connectivity index (χ0) is 30.0. The molecule has 4 rings (SSSR count). The molecule has 5 nitrogen and oxygen atoms in total. The molecule has 0 aliphatic heterocycles. The summed E-state index contributed by atoms with van der Waals surface area (Å²) in [6.07, 6.45) is 7.30. The number of nitrogens with zero attached hydrogens (tertiary/aromatic N) is 1. The summed E-state index contributed by atoms with van der Waals surface area (Å²) in [6, 6.07) is 28.3. The molecule has 0 heterocycles. The molecule has 0 saturated heterocycles. The number of aliphatic imine (C=N–C) groups is 1. The predicted molar refractivity (Wildman–Crippen MR) is 182 cm³/mol. The number of anilines is 3. The fourth-order valence-electron chi connectivity index (χ4n) is 2.66. The summed E-state index contributed by atoms with van der Waals surface area (Å²) in [5.41, 5.74) is 4.76. The maximum absolute atomic E-state index is 9.85. The van der Waals surface area contributed by atoms with Gasteiger partial charge in [0.2, 0.25) is 0 Å². The largest absolute Gasteiger partial charge is 0.388 e. The van der Waals surface area contributed by atoms with E-state index in [2.05, 4.69) is 34.4 Å². The Morgan fingerprint density at radius 1 is 0.850 bits per heavy atom. The van der Waals surface area contributed by atoms with Gasteiger partial charge in [-0.05, 0) is 72.2 Å². The number of carbonyl (C=O) groups excluding carboxylic acids is 1. The first-order valence-electron chi connectivity index (χ1n) is 13.6. The maximum atomic E-state index is 9.85. The van der Waals surface area contributed by atoms with Gasteiger partial charge in [0.15, 0.2) is 0 Å². The van der Waals surface area contributed by atoms with Crippen molar-refractivity contribution in [1.29, 1.82) is 0 Å². The van der Waals surface area contributed by atoms with Crippen molar-refractivity contribution in [3.05, 3.63) is 114 Å².